The molecule has 2 unspecified atom stereocenters. The fraction of sp³-hybridized carbons (Fsp3) is 0.902. The van der Waals surface area contributed by atoms with Crippen LogP contribution in [-0.2, 0) is 0 Å². The molecule has 3 fully saturated rings. The van der Waals surface area contributed by atoms with Gasteiger partial charge in [-0.25, -0.2) is 0 Å². The van der Waals surface area contributed by atoms with Gasteiger partial charge in [0, 0.05) is 61.4 Å². The lowest BCUT2D eigenvalue weighted by Gasteiger charge is -2.51. The van der Waals surface area contributed by atoms with Crippen molar-refractivity contribution in [3.8, 4) is 0 Å². The van der Waals surface area contributed by atoms with Crippen molar-refractivity contribution in [2.24, 2.45) is 0 Å². The fourth-order valence-electron chi connectivity index (χ4n) is 6.02. The van der Waals surface area contributed by atoms with Crippen LogP contribution in [-0.4, -0.2) is 190 Å². The van der Waals surface area contributed by atoms with Gasteiger partial charge < -0.3 is 36.9 Å². The molecule has 0 bridgehead atoms. The summed E-state index contributed by atoms with van der Waals surface area (Å²) in [5.74, 6) is 0. The number of rotatable bonds is 6. The zero-order valence-corrected chi connectivity index (χ0v) is 57.0. The van der Waals surface area contributed by atoms with Gasteiger partial charge in [0.05, 0.1) is 62.4 Å². The van der Waals surface area contributed by atoms with Gasteiger partial charge in [-0.1, -0.05) is 55.4 Å². The van der Waals surface area contributed by atoms with Crippen molar-refractivity contribution in [1.82, 2.24) is 36.9 Å². The normalized spacial score (nSPS) is 19.7. The Kier molecular flexibility index (Phi) is 33.2. The minimum atomic E-state index is 0.338. The molecule has 338 valence electrons. The van der Waals surface area contributed by atoms with Crippen LogP contribution >= 0.6 is 0 Å². The van der Waals surface area contributed by atoms with Crippen LogP contribution in [0, 0.1) is 0 Å². The average Bonchev–Trinajstić information content (AvgIpc) is 3.74. The van der Waals surface area contributed by atoms with Crippen LogP contribution in [0.5, 0.6) is 0 Å². The molecule has 0 aromatic carbocycles. The summed E-state index contributed by atoms with van der Waals surface area (Å²) in [6, 6.07) is 7.13. The van der Waals surface area contributed by atoms with Crippen molar-refractivity contribution in [2.75, 3.05) is 39.3 Å². The van der Waals surface area contributed by atoms with Gasteiger partial charge in [0.2, 0.25) is 0 Å². The molecule has 3 aliphatic rings. The van der Waals surface area contributed by atoms with E-state index in [1.165, 1.54) is 123 Å². The molecule has 0 aliphatic carbocycles. The van der Waals surface area contributed by atoms with Crippen LogP contribution in [0.25, 0.3) is 0 Å². The van der Waals surface area contributed by atoms with Gasteiger partial charge in [-0.05, 0) is 150 Å². The van der Waals surface area contributed by atoms with Gasteiger partial charge in [-0.3, -0.25) is 0 Å². The lowest BCUT2D eigenvalue weighted by molar-refractivity contribution is 0.0577. The standard InChI is InChI=1S/C9H21NSi.2C8H21NSi.C6H17NSi.C4H12N2Si.C4H7NSi.C2H7NSi/c1-8(2)6-5-7-9(3,4)10(8)11;1-7(2,3)9(10)8(4,5)6;1-5-7(3)9(10)8(4)6-2;1-5(2)7(8)6(3)4;7-6-3-1-5-2-4-6;6-5-3-1-2-4-5;4-3-1-2-3/h5-7H2,1-4,11H3;1-6,10H3;7-8H,5-6H2,1-4,10H3;5-6H,1-4,8H3;5H,1-4H2,7H3;1-4H,6H3;1-2H2,4H3. The third kappa shape index (κ3) is 31.4. The van der Waals surface area contributed by atoms with Crippen LogP contribution in [0.1, 0.15) is 157 Å². The maximum absolute atomic E-state index is 3.30. The molecule has 1 aromatic heterocycles. The van der Waals surface area contributed by atoms with Crippen LogP contribution in [0.3, 0.4) is 0 Å². The molecule has 3 saturated heterocycles. The first-order valence-electron chi connectivity index (χ1n) is 22.4. The Morgan fingerprint density at radius 1 is 0.607 bits per heavy atom. The highest BCUT2D eigenvalue weighted by molar-refractivity contribution is 6.07. The first kappa shape index (κ1) is 60.8. The molecule has 0 amide bonds. The largest absolute Gasteiger partial charge is 0.390 e. The van der Waals surface area contributed by atoms with Crippen molar-refractivity contribution >= 4 is 72.8 Å². The second-order valence-electron chi connectivity index (χ2n) is 20.7. The third-order valence-corrected chi connectivity index (χ3v) is 23.7. The number of hydrogen-bond donors (Lipinski definition) is 1. The quantitative estimate of drug-likeness (QED) is 0.328. The third-order valence-electron chi connectivity index (χ3n) is 12.4. The molecule has 56 heavy (non-hydrogen) atoms. The summed E-state index contributed by atoms with van der Waals surface area (Å²) in [6.07, 6.45) is 10.8. The van der Waals surface area contributed by atoms with Gasteiger partial charge >= 0.3 is 0 Å². The number of hydrogen-bond acceptors (Lipinski definition) is 7. The van der Waals surface area contributed by atoms with Crippen LogP contribution in [0.4, 0.5) is 0 Å². The molecular weight excluding hydrogens is 801 g/mol. The van der Waals surface area contributed by atoms with E-state index in [9.17, 15) is 0 Å². The number of aromatic nitrogens is 1. The van der Waals surface area contributed by atoms with Crippen molar-refractivity contribution in [3.63, 3.8) is 0 Å². The van der Waals surface area contributed by atoms with E-state index in [2.05, 4.69) is 174 Å². The Bertz CT molecular complexity index is 992. The van der Waals surface area contributed by atoms with Crippen molar-refractivity contribution in [3.05, 3.63) is 24.5 Å². The molecule has 0 spiro atoms. The summed E-state index contributed by atoms with van der Waals surface area (Å²) >= 11 is 0. The van der Waals surface area contributed by atoms with E-state index in [1.54, 1.807) is 0 Å². The zero-order chi connectivity index (χ0) is 44.7. The maximum Gasteiger partial charge on any atom is 0.112 e. The SMILES string of the molecule is CC(C)(C)N([SiH3])C(C)(C)C.CC(C)N([SiH3])C(C)C.CC1(C)CCCC(C)(C)N1[SiH3].CCC(C)N([SiH3])C(C)CC.[SiH3]N1CC1.[SiH3]N1CCNCC1.[SiH3]n1cccc1. The monoisotopic (exact) mass is 907 g/mol. The van der Waals surface area contributed by atoms with E-state index in [1.807, 2.05) is 12.1 Å². The molecule has 1 aromatic rings. The number of nitrogens with one attached hydrogen (secondary N) is 1. The molecule has 15 heteroatoms. The fourth-order valence-corrected chi connectivity index (χ4v) is 8.19. The van der Waals surface area contributed by atoms with Gasteiger partial charge in [0.25, 0.3) is 0 Å². The van der Waals surface area contributed by atoms with Gasteiger partial charge in [-0.2, -0.15) is 0 Å². The van der Waals surface area contributed by atoms with E-state index >= 15 is 0 Å². The number of piperidine rings is 1. The minimum Gasteiger partial charge on any atom is -0.390 e. The molecular formula is C41H106N8Si7. The number of piperazine rings is 1. The van der Waals surface area contributed by atoms with Crippen LogP contribution in [0.2, 0.25) is 0 Å². The summed E-state index contributed by atoms with van der Waals surface area (Å²) in [7, 11) is 8.39. The molecule has 4 rings (SSSR count). The average molecular weight is 908 g/mol. The number of nitrogens with zero attached hydrogens (tertiary/aromatic N) is 7. The minimum absolute atomic E-state index is 0.338. The molecule has 0 radical (unpaired) electrons. The van der Waals surface area contributed by atoms with Crippen LogP contribution < -0.4 is 5.32 Å². The topological polar surface area (TPSA) is 36.2 Å². The maximum atomic E-state index is 3.30. The van der Waals surface area contributed by atoms with Gasteiger partial charge in [0.1, 0.15) is 10.4 Å². The molecule has 4 heterocycles. The Morgan fingerprint density at radius 3 is 1.09 bits per heavy atom. The second kappa shape index (κ2) is 30.5. The second-order valence-corrected chi connectivity index (χ2v) is 28.1. The summed E-state index contributed by atoms with van der Waals surface area (Å²) in [6.45, 7) is 48.9. The van der Waals surface area contributed by atoms with Crippen molar-refractivity contribution < 1.29 is 0 Å². The summed E-state index contributed by atoms with van der Waals surface area (Å²) < 4.78 is 17.2. The van der Waals surface area contributed by atoms with E-state index in [0.717, 1.165) is 45.0 Å². The molecule has 8 nitrogen and oxygen atoms in total. The molecule has 2 atom stereocenters. The molecule has 0 saturated carbocycles. The predicted octanol–water partition coefficient (Wildman–Crippen LogP) is 0.398. The van der Waals surface area contributed by atoms with E-state index in [-0.39, 0.29) is 0 Å². The Morgan fingerprint density at radius 2 is 0.946 bits per heavy atom. The summed E-state index contributed by atoms with van der Waals surface area (Å²) in [5, 5.41) is 3.30. The Balaban J connectivity index is -0.000000594. The van der Waals surface area contributed by atoms with Crippen molar-refractivity contribution in [1.29, 1.82) is 0 Å². The van der Waals surface area contributed by atoms with E-state index < -0.39 is 0 Å². The van der Waals surface area contributed by atoms with E-state index in [4.69, 9.17) is 0 Å². The lowest BCUT2D eigenvalue weighted by atomic mass is 9.83. The highest BCUT2D eigenvalue weighted by Crippen LogP contribution is 2.35. The molecule has 1 N–H and O–H groups in total. The predicted molar refractivity (Wildman–Crippen MR) is 284 cm³/mol. The summed E-state index contributed by atoms with van der Waals surface area (Å²) in [5.41, 5.74) is 1.61. The van der Waals surface area contributed by atoms with Gasteiger partial charge in [-0.15, -0.1) is 0 Å². The zero-order valence-electron chi connectivity index (χ0n) is 43.0. The first-order chi connectivity index (χ1) is 25.4. The summed E-state index contributed by atoms with van der Waals surface area (Å²) in [4.78, 5) is 0. The smallest absolute Gasteiger partial charge is 0.112 e. The highest BCUT2D eigenvalue weighted by Gasteiger charge is 2.37. The Hall–Kier alpha value is 0.518. The van der Waals surface area contributed by atoms with E-state index in [0.29, 0.717) is 22.2 Å². The molecule has 3 aliphatic heterocycles. The lowest BCUT2D eigenvalue weighted by Crippen LogP contribution is -2.57. The van der Waals surface area contributed by atoms with Crippen molar-refractivity contribution in [2.45, 2.75) is 203 Å². The van der Waals surface area contributed by atoms with Gasteiger partial charge in [0.15, 0.2) is 0 Å². The highest BCUT2D eigenvalue weighted by atomic mass is 28.2. The van der Waals surface area contributed by atoms with Crippen LogP contribution in [0.15, 0.2) is 24.5 Å². The Labute approximate surface area is 374 Å². The first-order valence-corrected chi connectivity index (χ1v) is 28.7.